The van der Waals surface area contributed by atoms with Gasteiger partial charge in [-0.05, 0) is 24.0 Å². The Kier molecular flexibility index (Phi) is 17.1. The molecule has 0 spiro atoms. The number of nitrogens with one attached hydrogen (secondary N) is 1. The predicted octanol–water partition coefficient (Wildman–Crippen LogP) is 6.53. The highest BCUT2D eigenvalue weighted by Crippen LogP contribution is 2.33. The van der Waals surface area contributed by atoms with Gasteiger partial charge in [0.2, 0.25) is 0 Å². The number of nitrogens with zero attached hydrogens (tertiary/aromatic N) is 1. The number of thioether (sulfide) groups is 1. The van der Waals surface area contributed by atoms with Gasteiger partial charge in [0.05, 0.1) is 5.69 Å². The van der Waals surface area contributed by atoms with Crippen molar-refractivity contribution in [2.75, 3.05) is 11.2 Å². The van der Waals surface area contributed by atoms with E-state index in [0.717, 1.165) is 10.5 Å². The van der Waals surface area contributed by atoms with E-state index in [4.69, 9.17) is 0 Å². The summed E-state index contributed by atoms with van der Waals surface area (Å²) in [5, 5.41) is 2.75. The van der Waals surface area contributed by atoms with E-state index in [2.05, 4.69) is 18.2 Å². The minimum absolute atomic E-state index is 0.243. The number of hydrogen-bond donors (Lipinski definition) is 1. The summed E-state index contributed by atoms with van der Waals surface area (Å²) < 4.78 is 0. The first kappa shape index (κ1) is 28.5. The van der Waals surface area contributed by atoms with E-state index in [1.165, 1.54) is 16.7 Å². The Labute approximate surface area is 181 Å². The van der Waals surface area contributed by atoms with Crippen LogP contribution in [0, 0.1) is 12.8 Å². The molecule has 1 aliphatic heterocycles. The molecule has 1 heterocycles. The topological polar surface area (TPSA) is 49.4 Å². The van der Waals surface area contributed by atoms with Crippen LogP contribution in [0.3, 0.4) is 0 Å². The highest BCUT2D eigenvalue weighted by Gasteiger charge is 2.40. The number of benzene rings is 2. The lowest BCUT2D eigenvalue weighted by atomic mass is 10.1. The standard InChI is InChI=1S/C16H14N2O2S.3C2H6.C2H2/c1-21-13-10-6-5-9-12(13)18-15(19)14(17-16(18)20)11-7-3-2-4-8-11;4*1-2/h2-10,14H,1H3,(H,17,20);3*1-2H3;1-2H/t14-;;;;/m1..../s1. The van der Waals surface area contributed by atoms with E-state index in [1.807, 2.05) is 96.3 Å². The molecule has 0 saturated carbocycles. The molecule has 0 aliphatic carbocycles. The van der Waals surface area contributed by atoms with Crippen LogP contribution < -0.4 is 10.2 Å². The fourth-order valence-corrected chi connectivity index (χ4v) is 2.98. The third kappa shape index (κ3) is 7.67. The van der Waals surface area contributed by atoms with Crippen LogP contribution in [0.4, 0.5) is 10.5 Å². The molecule has 1 aliphatic rings. The number of carbonyl (C=O) groups is 2. The van der Waals surface area contributed by atoms with Crippen molar-refractivity contribution in [1.29, 1.82) is 0 Å². The fourth-order valence-electron chi connectivity index (χ4n) is 2.39. The van der Waals surface area contributed by atoms with Crippen LogP contribution in [-0.2, 0) is 4.79 Å². The van der Waals surface area contributed by atoms with E-state index < -0.39 is 6.04 Å². The number of amides is 3. The Morgan fingerprint density at radius 1 is 0.828 bits per heavy atom. The molecule has 0 bridgehead atoms. The monoisotopic (exact) mass is 414 g/mol. The third-order valence-electron chi connectivity index (χ3n) is 3.40. The van der Waals surface area contributed by atoms with Crippen LogP contribution in [0.2, 0.25) is 0 Å². The molecule has 158 valence electrons. The molecular formula is C24H34N2O2S. The fraction of sp³-hybridized carbons (Fsp3) is 0.333. The van der Waals surface area contributed by atoms with Crippen molar-refractivity contribution in [3.05, 3.63) is 60.2 Å². The Morgan fingerprint density at radius 2 is 1.31 bits per heavy atom. The highest BCUT2D eigenvalue weighted by atomic mass is 32.2. The Hall–Kier alpha value is -2.71. The first-order chi connectivity index (χ1) is 14.2. The van der Waals surface area contributed by atoms with Crippen LogP contribution in [0.1, 0.15) is 53.1 Å². The van der Waals surface area contributed by atoms with Gasteiger partial charge in [0.15, 0.2) is 0 Å². The maximum absolute atomic E-state index is 12.6. The molecule has 4 nitrogen and oxygen atoms in total. The van der Waals surface area contributed by atoms with Crippen LogP contribution in [0.5, 0.6) is 0 Å². The Balaban J connectivity index is 0. The molecule has 3 amide bonds. The zero-order valence-electron chi connectivity index (χ0n) is 18.6. The SMILES string of the molecule is C#C.CC.CC.CC.CSc1ccccc1N1C(=O)N[C@H](c2ccccc2)C1=O. The van der Waals surface area contributed by atoms with Gasteiger partial charge in [-0.15, -0.1) is 24.6 Å². The third-order valence-corrected chi connectivity index (χ3v) is 4.18. The van der Waals surface area contributed by atoms with Crippen LogP contribution >= 0.6 is 11.8 Å². The molecule has 1 fully saturated rings. The number of carbonyl (C=O) groups excluding carboxylic acids is 2. The lowest BCUT2D eigenvalue weighted by Gasteiger charge is -2.16. The smallest absolute Gasteiger partial charge is 0.321 e. The molecule has 0 unspecified atom stereocenters. The summed E-state index contributed by atoms with van der Waals surface area (Å²) in [6.07, 6.45) is 9.92. The summed E-state index contributed by atoms with van der Waals surface area (Å²) in [5.74, 6) is -0.243. The van der Waals surface area contributed by atoms with Gasteiger partial charge in [-0.25, -0.2) is 9.69 Å². The molecular weight excluding hydrogens is 380 g/mol. The van der Waals surface area contributed by atoms with Gasteiger partial charge >= 0.3 is 6.03 Å². The molecule has 3 rings (SSSR count). The Bertz CT molecular complexity index is 730. The molecule has 2 aromatic rings. The van der Waals surface area contributed by atoms with E-state index in [9.17, 15) is 9.59 Å². The number of hydrogen-bond acceptors (Lipinski definition) is 3. The molecule has 5 heteroatoms. The summed E-state index contributed by atoms with van der Waals surface area (Å²) in [5.41, 5.74) is 1.42. The highest BCUT2D eigenvalue weighted by molar-refractivity contribution is 7.98. The molecule has 1 saturated heterocycles. The minimum atomic E-state index is -0.617. The van der Waals surface area contributed by atoms with Gasteiger partial charge in [0.1, 0.15) is 6.04 Å². The number of para-hydroxylation sites is 1. The summed E-state index contributed by atoms with van der Waals surface area (Å²) in [4.78, 5) is 27.0. The number of urea groups is 1. The van der Waals surface area contributed by atoms with Crippen LogP contribution in [0.25, 0.3) is 0 Å². The minimum Gasteiger partial charge on any atom is -0.321 e. The van der Waals surface area contributed by atoms with Crippen molar-refractivity contribution >= 4 is 29.4 Å². The van der Waals surface area contributed by atoms with Crippen molar-refractivity contribution < 1.29 is 9.59 Å². The van der Waals surface area contributed by atoms with Crippen molar-refractivity contribution in [3.63, 3.8) is 0 Å². The summed E-state index contributed by atoms with van der Waals surface area (Å²) in [6.45, 7) is 12.0. The molecule has 0 radical (unpaired) electrons. The maximum atomic E-state index is 12.6. The summed E-state index contributed by atoms with van der Waals surface area (Å²) >= 11 is 1.51. The number of imide groups is 1. The zero-order valence-corrected chi connectivity index (χ0v) is 19.4. The second-order valence-electron chi connectivity index (χ2n) is 4.64. The Morgan fingerprint density at radius 3 is 1.83 bits per heavy atom. The van der Waals surface area contributed by atoms with Crippen LogP contribution in [-0.4, -0.2) is 18.2 Å². The molecule has 1 atom stereocenters. The van der Waals surface area contributed by atoms with Crippen molar-refractivity contribution in [2.24, 2.45) is 0 Å². The van der Waals surface area contributed by atoms with Gasteiger partial charge in [0, 0.05) is 4.90 Å². The van der Waals surface area contributed by atoms with E-state index in [1.54, 1.807) is 6.07 Å². The van der Waals surface area contributed by atoms with Crippen molar-refractivity contribution in [2.45, 2.75) is 52.5 Å². The van der Waals surface area contributed by atoms with Crippen molar-refractivity contribution in [3.8, 4) is 12.8 Å². The molecule has 0 aromatic heterocycles. The lowest BCUT2D eigenvalue weighted by Crippen LogP contribution is -2.31. The van der Waals surface area contributed by atoms with Gasteiger partial charge in [-0.2, -0.15) is 0 Å². The second kappa shape index (κ2) is 17.4. The van der Waals surface area contributed by atoms with Gasteiger partial charge in [0.25, 0.3) is 5.91 Å². The van der Waals surface area contributed by atoms with E-state index in [-0.39, 0.29) is 11.9 Å². The average molecular weight is 415 g/mol. The summed E-state index contributed by atoms with van der Waals surface area (Å²) in [6, 6.07) is 15.7. The van der Waals surface area contributed by atoms with Gasteiger partial charge < -0.3 is 5.32 Å². The first-order valence-corrected chi connectivity index (χ1v) is 11.1. The number of terminal acetylenes is 1. The van der Waals surface area contributed by atoms with E-state index in [0.29, 0.717) is 5.69 Å². The second-order valence-corrected chi connectivity index (χ2v) is 5.49. The summed E-state index contributed by atoms with van der Waals surface area (Å²) in [7, 11) is 0. The number of rotatable bonds is 3. The lowest BCUT2D eigenvalue weighted by molar-refractivity contribution is -0.118. The zero-order chi connectivity index (χ0) is 22.8. The first-order valence-electron chi connectivity index (χ1n) is 9.88. The number of anilines is 1. The predicted molar refractivity (Wildman–Crippen MR) is 127 cm³/mol. The normalized spacial score (nSPS) is 13.7. The van der Waals surface area contributed by atoms with E-state index >= 15 is 0 Å². The van der Waals surface area contributed by atoms with Crippen LogP contribution in [0.15, 0.2) is 59.5 Å². The van der Waals surface area contributed by atoms with Gasteiger partial charge in [-0.3, -0.25) is 4.79 Å². The largest absolute Gasteiger partial charge is 0.329 e. The average Bonchev–Trinajstić information content (AvgIpc) is 3.13. The van der Waals surface area contributed by atoms with Gasteiger partial charge in [-0.1, -0.05) is 84.0 Å². The molecule has 29 heavy (non-hydrogen) atoms. The maximum Gasteiger partial charge on any atom is 0.329 e. The van der Waals surface area contributed by atoms with Crippen molar-refractivity contribution in [1.82, 2.24) is 5.32 Å². The quantitative estimate of drug-likeness (QED) is 0.353. The molecule has 2 aromatic carbocycles. The molecule has 1 N–H and O–H groups in total.